The maximum Gasteiger partial charge on any atom is 0.445 e. The van der Waals surface area contributed by atoms with E-state index in [1.165, 1.54) is 26.4 Å². The minimum absolute atomic E-state index is 0.130. The number of hydrogen-bond donors (Lipinski definition) is 1. The van der Waals surface area contributed by atoms with E-state index in [1.54, 1.807) is 0 Å². The predicted octanol–water partition coefficient (Wildman–Crippen LogP) is 3.59. The number of ether oxygens (including phenoxy) is 2. The zero-order valence-electron chi connectivity index (χ0n) is 11.7. The molecule has 0 bridgehead atoms. The second kappa shape index (κ2) is 6.71. The maximum atomic E-state index is 12.5. The minimum Gasteiger partial charge on any atom is -0.495 e. The monoisotopic (exact) mass is 411 g/mol. The van der Waals surface area contributed by atoms with Gasteiger partial charge in [-0.15, -0.1) is 10.2 Å². The number of rotatable bonds is 4. The van der Waals surface area contributed by atoms with Crippen LogP contribution in [0.2, 0.25) is 0 Å². The topological polar surface area (TPSA) is 73.3 Å². The van der Waals surface area contributed by atoms with Gasteiger partial charge in [0.05, 0.1) is 14.2 Å². The third-order valence-corrected chi connectivity index (χ3v) is 4.26. The summed E-state index contributed by atoms with van der Waals surface area (Å²) in [7, 11) is 2.81. The molecular weight excluding hydrogens is 403 g/mol. The molecule has 2 aromatic rings. The number of amides is 1. The largest absolute Gasteiger partial charge is 0.495 e. The number of hydrogen-bond acceptors (Lipinski definition) is 6. The van der Waals surface area contributed by atoms with Gasteiger partial charge in [0.1, 0.15) is 16.0 Å². The lowest BCUT2D eigenvalue weighted by Crippen LogP contribution is -2.12. The second-order valence-electron chi connectivity index (χ2n) is 4.06. The molecule has 0 unspecified atom stereocenters. The average molecular weight is 412 g/mol. The van der Waals surface area contributed by atoms with Crippen molar-refractivity contribution in [1.82, 2.24) is 10.2 Å². The van der Waals surface area contributed by atoms with Crippen molar-refractivity contribution in [3.05, 3.63) is 27.2 Å². The van der Waals surface area contributed by atoms with Crippen LogP contribution in [0, 0.1) is 0 Å². The summed E-state index contributed by atoms with van der Waals surface area (Å²) >= 11 is 3.48. The summed E-state index contributed by atoms with van der Waals surface area (Å²) in [6.45, 7) is 0. The molecule has 0 radical (unpaired) electrons. The van der Waals surface area contributed by atoms with Crippen molar-refractivity contribution < 1.29 is 27.4 Å². The number of alkyl halides is 3. The van der Waals surface area contributed by atoms with Crippen molar-refractivity contribution in [1.29, 1.82) is 0 Å². The van der Waals surface area contributed by atoms with Gasteiger partial charge in [-0.05, 0) is 28.1 Å². The second-order valence-corrected chi connectivity index (χ2v) is 5.83. The molecule has 1 heterocycles. The van der Waals surface area contributed by atoms with E-state index in [-0.39, 0.29) is 22.0 Å². The molecule has 1 aromatic heterocycles. The molecule has 1 amide bonds. The fourth-order valence-electron chi connectivity index (χ4n) is 1.56. The Bertz CT molecular complexity index is 711. The molecule has 0 saturated carbocycles. The number of anilines is 1. The zero-order chi connectivity index (χ0) is 17.2. The van der Waals surface area contributed by atoms with Crippen LogP contribution < -0.4 is 14.8 Å². The lowest BCUT2D eigenvalue weighted by molar-refractivity contribution is -0.138. The molecule has 11 heteroatoms. The van der Waals surface area contributed by atoms with Crippen LogP contribution in [0.5, 0.6) is 11.5 Å². The first-order valence-electron chi connectivity index (χ1n) is 5.89. The van der Waals surface area contributed by atoms with Crippen molar-refractivity contribution in [2.75, 3.05) is 19.5 Å². The Labute approximate surface area is 140 Å². The van der Waals surface area contributed by atoms with E-state index in [9.17, 15) is 18.0 Å². The average Bonchev–Trinajstić information content (AvgIpc) is 2.96. The van der Waals surface area contributed by atoms with Crippen molar-refractivity contribution in [2.24, 2.45) is 0 Å². The molecular formula is C12H9BrF3N3O3S. The van der Waals surface area contributed by atoms with Crippen molar-refractivity contribution in [3.63, 3.8) is 0 Å². The highest BCUT2D eigenvalue weighted by Crippen LogP contribution is 2.36. The van der Waals surface area contributed by atoms with E-state index in [0.717, 1.165) is 0 Å². The normalized spacial score (nSPS) is 11.2. The SMILES string of the molecule is COc1cc(C(=O)Nc2nnc(C(F)(F)F)s2)cc(OC)c1Br. The third-order valence-electron chi connectivity index (χ3n) is 2.60. The first-order chi connectivity index (χ1) is 10.8. The molecule has 124 valence electrons. The van der Waals surface area contributed by atoms with Gasteiger partial charge in [0, 0.05) is 5.56 Å². The van der Waals surface area contributed by atoms with Crippen LogP contribution in [0.1, 0.15) is 15.4 Å². The Morgan fingerprint density at radius 1 is 1.22 bits per heavy atom. The van der Waals surface area contributed by atoms with Gasteiger partial charge in [-0.3, -0.25) is 10.1 Å². The molecule has 0 spiro atoms. The molecule has 0 aliphatic heterocycles. The fraction of sp³-hybridized carbons (Fsp3) is 0.250. The summed E-state index contributed by atoms with van der Waals surface area (Å²) < 4.78 is 48.1. The molecule has 1 N–H and O–H groups in total. The number of nitrogens with one attached hydrogen (secondary N) is 1. The van der Waals surface area contributed by atoms with Crippen LogP contribution >= 0.6 is 27.3 Å². The van der Waals surface area contributed by atoms with Crippen LogP contribution in [-0.4, -0.2) is 30.3 Å². The summed E-state index contributed by atoms with van der Waals surface area (Å²) in [5, 5.41) is 7.13. The Morgan fingerprint density at radius 3 is 2.22 bits per heavy atom. The molecule has 0 aliphatic rings. The van der Waals surface area contributed by atoms with E-state index in [4.69, 9.17) is 9.47 Å². The van der Waals surface area contributed by atoms with Crippen LogP contribution in [0.4, 0.5) is 18.3 Å². The number of methoxy groups -OCH3 is 2. The number of benzene rings is 1. The van der Waals surface area contributed by atoms with E-state index in [1.807, 2.05) is 0 Å². The van der Waals surface area contributed by atoms with Gasteiger partial charge in [-0.1, -0.05) is 11.3 Å². The summed E-state index contributed by atoms with van der Waals surface area (Å²) in [5.74, 6) is 0.00413. The van der Waals surface area contributed by atoms with E-state index in [2.05, 4.69) is 31.4 Å². The predicted molar refractivity (Wildman–Crippen MR) is 80.1 cm³/mol. The van der Waals surface area contributed by atoms with Crippen LogP contribution in [0.3, 0.4) is 0 Å². The molecule has 2 rings (SSSR count). The van der Waals surface area contributed by atoms with Crippen molar-refractivity contribution in [2.45, 2.75) is 6.18 Å². The van der Waals surface area contributed by atoms with Gasteiger partial charge in [0.15, 0.2) is 0 Å². The van der Waals surface area contributed by atoms with Crippen LogP contribution in [0.25, 0.3) is 0 Å². The van der Waals surface area contributed by atoms with Gasteiger partial charge in [0.25, 0.3) is 5.91 Å². The Hall–Kier alpha value is -1.88. The van der Waals surface area contributed by atoms with Crippen molar-refractivity contribution in [3.8, 4) is 11.5 Å². The number of aromatic nitrogens is 2. The smallest absolute Gasteiger partial charge is 0.445 e. The number of carbonyl (C=O) groups excluding carboxylic acids is 1. The van der Waals surface area contributed by atoms with Crippen molar-refractivity contribution >= 4 is 38.3 Å². The Balaban J connectivity index is 2.26. The molecule has 1 aromatic carbocycles. The summed E-state index contributed by atoms with van der Waals surface area (Å²) in [5.41, 5.74) is 0.130. The first-order valence-corrected chi connectivity index (χ1v) is 7.50. The molecule has 6 nitrogen and oxygen atoms in total. The van der Waals surface area contributed by atoms with Crippen LogP contribution in [-0.2, 0) is 6.18 Å². The molecule has 23 heavy (non-hydrogen) atoms. The maximum absolute atomic E-state index is 12.5. The first kappa shape index (κ1) is 17.5. The number of nitrogens with zero attached hydrogens (tertiary/aromatic N) is 2. The Kier molecular flexibility index (Phi) is 5.09. The van der Waals surface area contributed by atoms with Gasteiger partial charge in [0.2, 0.25) is 10.1 Å². The highest BCUT2D eigenvalue weighted by Gasteiger charge is 2.35. The summed E-state index contributed by atoms with van der Waals surface area (Å²) in [4.78, 5) is 12.1. The Morgan fingerprint density at radius 2 is 1.78 bits per heavy atom. The lowest BCUT2D eigenvalue weighted by atomic mass is 10.2. The fourth-order valence-corrected chi connectivity index (χ4v) is 2.72. The summed E-state index contributed by atoms with van der Waals surface area (Å²) in [6, 6.07) is 2.82. The lowest BCUT2D eigenvalue weighted by Gasteiger charge is -2.11. The molecule has 0 atom stereocenters. The van der Waals surface area contributed by atoms with Gasteiger partial charge in [-0.2, -0.15) is 13.2 Å². The number of halogens is 4. The highest BCUT2D eigenvalue weighted by molar-refractivity contribution is 9.10. The van der Waals surface area contributed by atoms with Gasteiger partial charge >= 0.3 is 6.18 Å². The van der Waals surface area contributed by atoms with Gasteiger partial charge in [-0.25, -0.2) is 0 Å². The third kappa shape index (κ3) is 3.91. The quantitative estimate of drug-likeness (QED) is 0.831. The minimum atomic E-state index is -4.61. The van der Waals surface area contributed by atoms with E-state index < -0.39 is 17.1 Å². The molecule has 0 fully saturated rings. The number of carbonyl (C=O) groups is 1. The van der Waals surface area contributed by atoms with Gasteiger partial charge < -0.3 is 9.47 Å². The van der Waals surface area contributed by atoms with E-state index in [0.29, 0.717) is 16.0 Å². The highest BCUT2D eigenvalue weighted by atomic mass is 79.9. The van der Waals surface area contributed by atoms with Crippen LogP contribution in [0.15, 0.2) is 16.6 Å². The zero-order valence-corrected chi connectivity index (χ0v) is 14.1. The summed E-state index contributed by atoms with van der Waals surface area (Å²) in [6.07, 6.45) is -4.61. The molecule has 0 saturated heterocycles. The standard InChI is InChI=1S/C12H9BrF3N3O3S/c1-21-6-3-5(4-7(22-2)8(6)13)9(20)17-11-19-18-10(23-11)12(14,15)16/h3-4H,1-2H3,(H,17,19,20). The molecule has 0 aliphatic carbocycles. The van der Waals surface area contributed by atoms with E-state index >= 15 is 0 Å².